The van der Waals surface area contributed by atoms with E-state index < -0.39 is 17.3 Å². The normalized spacial score (nSPS) is 29.6. The van der Waals surface area contributed by atoms with Gasteiger partial charge in [-0.3, -0.25) is 4.98 Å². The first-order valence-corrected chi connectivity index (χ1v) is 12.3. The molecule has 1 aromatic heterocycles. The molecule has 2 aliphatic rings. The van der Waals surface area contributed by atoms with Gasteiger partial charge in [0.05, 0.1) is 31.2 Å². The standard InChI is InChI=1S/C27H29BrN2O4/c1-4-30(2)16-20-23(17-8-6-5-7-9-17)27(18-10-12-19(28)13-11-18)26(32,25(20)31)24-21(33-3)14-29-15-22(24)34-27/h5-15,20,23,25,31-32H,4,16H2,1-3H3/t20-,23-,25-,26+,27+/m1/s1. The van der Waals surface area contributed by atoms with Crippen molar-refractivity contribution in [3.05, 3.63) is 88.2 Å². The predicted molar refractivity (Wildman–Crippen MR) is 133 cm³/mol. The Morgan fingerprint density at radius 2 is 1.82 bits per heavy atom. The highest BCUT2D eigenvalue weighted by Gasteiger charge is 2.76. The summed E-state index contributed by atoms with van der Waals surface area (Å²) < 4.78 is 13.3. The molecule has 7 heteroatoms. The first-order chi connectivity index (χ1) is 16.4. The van der Waals surface area contributed by atoms with Gasteiger partial charge in [0.15, 0.2) is 11.2 Å². The largest absolute Gasteiger partial charge is 0.495 e. The molecule has 0 bridgehead atoms. The molecular weight excluding hydrogens is 496 g/mol. The number of hydrogen-bond acceptors (Lipinski definition) is 6. The maximum absolute atomic E-state index is 12.7. The van der Waals surface area contributed by atoms with Gasteiger partial charge in [0, 0.05) is 22.9 Å². The zero-order valence-corrected chi connectivity index (χ0v) is 21.1. The van der Waals surface area contributed by atoms with E-state index in [0.717, 1.165) is 22.1 Å². The molecule has 0 amide bonds. The van der Waals surface area contributed by atoms with Gasteiger partial charge in [0.1, 0.15) is 11.5 Å². The SMILES string of the molecule is CCN(C)C[C@H]1[C@@H](O)[C@@]2(O)c3c(OC)cncc3O[C@@]2(c2ccc(Br)cc2)[C@@H]1c1ccccc1. The maximum Gasteiger partial charge on any atom is 0.177 e. The summed E-state index contributed by atoms with van der Waals surface area (Å²) in [6, 6.07) is 17.8. The lowest BCUT2D eigenvalue weighted by Crippen LogP contribution is -2.52. The highest BCUT2D eigenvalue weighted by atomic mass is 79.9. The number of benzene rings is 2. The summed E-state index contributed by atoms with van der Waals surface area (Å²) in [5.74, 6) is 0.161. The lowest BCUT2D eigenvalue weighted by Gasteiger charge is -2.41. The molecule has 0 unspecified atom stereocenters. The summed E-state index contributed by atoms with van der Waals surface area (Å²) in [6.07, 6.45) is 2.04. The molecule has 2 aromatic carbocycles. The highest BCUT2D eigenvalue weighted by molar-refractivity contribution is 9.10. The van der Waals surface area contributed by atoms with Gasteiger partial charge in [-0.05, 0) is 36.9 Å². The Hall–Kier alpha value is -2.45. The van der Waals surface area contributed by atoms with Gasteiger partial charge in [0.25, 0.3) is 0 Å². The molecule has 2 N–H and O–H groups in total. The van der Waals surface area contributed by atoms with E-state index in [1.54, 1.807) is 19.5 Å². The molecule has 5 atom stereocenters. The van der Waals surface area contributed by atoms with Crippen molar-refractivity contribution in [2.75, 3.05) is 27.2 Å². The topological polar surface area (TPSA) is 75.1 Å². The molecule has 1 fully saturated rings. The molecule has 2 heterocycles. The quantitative estimate of drug-likeness (QED) is 0.506. The average molecular weight is 525 g/mol. The first kappa shape index (κ1) is 23.3. The summed E-state index contributed by atoms with van der Waals surface area (Å²) in [7, 11) is 3.57. The van der Waals surface area contributed by atoms with Crippen LogP contribution in [0.4, 0.5) is 0 Å². The fourth-order valence-electron chi connectivity index (χ4n) is 5.92. The summed E-state index contributed by atoms with van der Waals surface area (Å²) in [5, 5.41) is 24.7. The second-order valence-electron chi connectivity index (χ2n) is 9.18. The zero-order valence-electron chi connectivity index (χ0n) is 19.5. The van der Waals surface area contributed by atoms with Gasteiger partial charge in [-0.1, -0.05) is 65.3 Å². The smallest absolute Gasteiger partial charge is 0.177 e. The van der Waals surface area contributed by atoms with Crippen LogP contribution in [0.3, 0.4) is 0 Å². The molecule has 5 rings (SSSR count). The van der Waals surface area contributed by atoms with Crippen LogP contribution < -0.4 is 9.47 Å². The number of ether oxygens (including phenoxy) is 2. The number of fused-ring (bicyclic) bond motifs is 3. The third-order valence-corrected chi connectivity index (χ3v) is 8.04. The van der Waals surface area contributed by atoms with Crippen LogP contribution in [0.1, 0.15) is 29.5 Å². The Bertz CT molecular complexity index is 1180. The van der Waals surface area contributed by atoms with E-state index in [9.17, 15) is 10.2 Å². The highest BCUT2D eigenvalue weighted by Crippen LogP contribution is 2.69. The lowest BCUT2D eigenvalue weighted by atomic mass is 9.70. The predicted octanol–water partition coefficient (Wildman–Crippen LogP) is 4.05. The Kier molecular flexibility index (Phi) is 5.92. The van der Waals surface area contributed by atoms with Crippen molar-refractivity contribution < 1.29 is 19.7 Å². The van der Waals surface area contributed by atoms with Crippen molar-refractivity contribution in [1.29, 1.82) is 0 Å². The molecule has 0 spiro atoms. The van der Waals surface area contributed by atoms with Crippen molar-refractivity contribution >= 4 is 15.9 Å². The van der Waals surface area contributed by atoms with Crippen LogP contribution in [0, 0.1) is 5.92 Å². The maximum atomic E-state index is 12.7. The van der Waals surface area contributed by atoms with Crippen molar-refractivity contribution in [2.24, 2.45) is 5.92 Å². The summed E-state index contributed by atoms with van der Waals surface area (Å²) in [4.78, 5) is 6.43. The van der Waals surface area contributed by atoms with E-state index in [0.29, 0.717) is 23.6 Å². The van der Waals surface area contributed by atoms with Gasteiger partial charge < -0.3 is 24.6 Å². The van der Waals surface area contributed by atoms with Gasteiger partial charge >= 0.3 is 0 Å². The van der Waals surface area contributed by atoms with Crippen LogP contribution in [-0.4, -0.2) is 53.4 Å². The fourth-order valence-corrected chi connectivity index (χ4v) is 6.19. The minimum atomic E-state index is -1.76. The first-order valence-electron chi connectivity index (χ1n) is 11.5. The zero-order chi connectivity index (χ0) is 24.1. The Balaban J connectivity index is 1.84. The minimum Gasteiger partial charge on any atom is -0.495 e. The van der Waals surface area contributed by atoms with Crippen molar-refractivity contribution in [3.63, 3.8) is 0 Å². The molecule has 1 aliphatic carbocycles. The fraction of sp³-hybridized carbons (Fsp3) is 0.370. The van der Waals surface area contributed by atoms with E-state index in [2.05, 4.69) is 32.7 Å². The number of methoxy groups -OCH3 is 1. The Morgan fingerprint density at radius 1 is 1.12 bits per heavy atom. The molecular formula is C27H29BrN2O4. The molecule has 6 nitrogen and oxygen atoms in total. The number of aromatic nitrogens is 1. The third kappa shape index (κ3) is 3.14. The number of halogens is 1. The molecule has 1 saturated carbocycles. The van der Waals surface area contributed by atoms with E-state index in [-0.39, 0.29) is 11.8 Å². The van der Waals surface area contributed by atoms with Gasteiger partial charge in [-0.2, -0.15) is 0 Å². The van der Waals surface area contributed by atoms with Crippen LogP contribution in [0.15, 0.2) is 71.5 Å². The number of nitrogens with zero attached hydrogens (tertiary/aromatic N) is 2. The molecule has 1 aliphatic heterocycles. The van der Waals surface area contributed by atoms with Crippen LogP contribution in [-0.2, 0) is 11.2 Å². The van der Waals surface area contributed by atoms with Crippen molar-refractivity contribution in [1.82, 2.24) is 9.88 Å². The Morgan fingerprint density at radius 3 is 2.47 bits per heavy atom. The van der Waals surface area contributed by atoms with E-state index in [1.807, 2.05) is 61.6 Å². The molecule has 3 aromatic rings. The molecule has 0 saturated heterocycles. The van der Waals surface area contributed by atoms with Crippen LogP contribution in [0.5, 0.6) is 11.5 Å². The van der Waals surface area contributed by atoms with Crippen LogP contribution in [0.2, 0.25) is 0 Å². The van der Waals surface area contributed by atoms with E-state index in [4.69, 9.17) is 9.47 Å². The number of aliphatic hydroxyl groups is 2. The number of rotatable bonds is 6. The molecule has 0 radical (unpaired) electrons. The summed E-state index contributed by atoms with van der Waals surface area (Å²) in [6.45, 7) is 3.49. The number of aliphatic hydroxyl groups excluding tert-OH is 1. The van der Waals surface area contributed by atoms with Crippen LogP contribution >= 0.6 is 15.9 Å². The summed E-state index contributed by atoms with van der Waals surface area (Å²) in [5.41, 5.74) is -0.819. The summed E-state index contributed by atoms with van der Waals surface area (Å²) >= 11 is 3.53. The average Bonchev–Trinajstić information content (AvgIpc) is 3.23. The van der Waals surface area contributed by atoms with Crippen molar-refractivity contribution in [2.45, 2.75) is 30.1 Å². The van der Waals surface area contributed by atoms with Gasteiger partial charge in [0.2, 0.25) is 0 Å². The minimum absolute atomic E-state index is 0.313. The third-order valence-electron chi connectivity index (χ3n) is 7.51. The second-order valence-corrected chi connectivity index (χ2v) is 10.1. The van der Waals surface area contributed by atoms with E-state index >= 15 is 0 Å². The van der Waals surface area contributed by atoms with E-state index in [1.165, 1.54) is 0 Å². The van der Waals surface area contributed by atoms with Gasteiger partial charge in [-0.15, -0.1) is 0 Å². The monoisotopic (exact) mass is 524 g/mol. The van der Waals surface area contributed by atoms with Crippen molar-refractivity contribution in [3.8, 4) is 11.5 Å². The number of hydrogen-bond donors (Lipinski definition) is 2. The lowest BCUT2D eigenvalue weighted by molar-refractivity contribution is -0.152. The number of pyridine rings is 1. The second kappa shape index (κ2) is 8.64. The van der Waals surface area contributed by atoms with Gasteiger partial charge in [-0.25, -0.2) is 0 Å². The molecule has 178 valence electrons. The Labute approximate surface area is 208 Å². The van der Waals surface area contributed by atoms with Crippen LogP contribution in [0.25, 0.3) is 0 Å². The molecule has 34 heavy (non-hydrogen) atoms.